The van der Waals surface area contributed by atoms with Crippen LogP contribution in [-0.4, -0.2) is 51.2 Å². The first-order chi connectivity index (χ1) is 9.20. The zero-order valence-corrected chi connectivity index (χ0v) is 13.9. The molecule has 0 radical (unpaired) electrons. The highest BCUT2D eigenvalue weighted by atomic mass is 31.2. The van der Waals surface area contributed by atoms with Gasteiger partial charge in [-0.15, -0.1) is 0 Å². The summed E-state index contributed by atoms with van der Waals surface area (Å²) in [6.45, 7) is 3.34. The van der Waals surface area contributed by atoms with E-state index in [4.69, 9.17) is 23.8 Å². The van der Waals surface area contributed by atoms with Gasteiger partial charge in [0, 0.05) is 21.1 Å². The molecule has 0 bridgehead atoms. The quantitative estimate of drug-likeness (QED) is 0.349. The minimum atomic E-state index is -1.20. The highest BCUT2D eigenvalue weighted by molar-refractivity contribution is 7.55. The lowest BCUT2D eigenvalue weighted by molar-refractivity contribution is -0.406. The van der Waals surface area contributed by atoms with Gasteiger partial charge in [0.2, 0.25) is 0 Å². The van der Waals surface area contributed by atoms with E-state index in [0.29, 0.717) is 35.0 Å². The summed E-state index contributed by atoms with van der Waals surface area (Å²) in [5, 5.41) is 0. The first kappa shape index (κ1) is 17.4. The Kier molecular flexibility index (Phi) is 9.33. The van der Waals surface area contributed by atoms with Crippen LogP contribution in [0.5, 0.6) is 0 Å². The number of rotatable bonds is 10. The largest absolute Gasteiger partial charge is 0.382 e. The third-order valence-electron chi connectivity index (χ3n) is 1.89. The maximum Gasteiger partial charge on any atom is 0.298 e. The average Bonchev–Trinajstić information content (AvgIpc) is 2.40. The first-order valence-corrected chi connectivity index (χ1v) is 8.01. The summed E-state index contributed by atoms with van der Waals surface area (Å²) >= 11 is 0. The summed E-state index contributed by atoms with van der Waals surface area (Å²) in [5.74, 6) is -1.20. The molecule has 0 saturated carbocycles. The second-order valence-electron chi connectivity index (χ2n) is 3.38. The number of nitrogens with zero attached hydrogens (tertiary/aromatic N) is 3. The van der Waals surface area contributed by atoms with E-state index < -0.39 is 5.97 Å². The lowest BCUT2D eigenvalue weighted by Gasteiger charge is -2.31. The summed E-state index contributed by atoms with van der Waals surface area (Å²) in [6.07, 6.45) is 0. The van der Waals surface area contributed by atoms with Crippen LogP contribution in [0.3, 0.4) is 0 Å². The van der Waals surface area contributed by atoms with Crippen LogP contribution in [0.15, 0.2) is 9.03 Å². The van der Waals surface area contributed by atoms with Gasteiger partial charge in [-0.1, -0.05) is 4.60 Å². The van der Waals surface area contributed by atoms with Gasteiger partial charge in [0.05, 0.1) is 26.4 Å². The van der Waals surface area contributed by atoms with Crippen molar-refractivity contribution in [1.82, 2.24) is 4.60 Å². The average molecular weight is 329 g/mol. The minimum absolute atomic E-state index is 0.172. The Balaban J connectivity index is 2.46. The highest BCUT2D eigenvalue weighted by Crippen LogP contribution is 2.41. The molecule has 1 aliphatic heterocycles. The first-order valence-electron chi connectivity index (χ1n) is 5.51. The van der Waals surface area contributed by atoms with Crippen molar-refractivity contribution in [3.63, 3.8) is 0 Å². The summed E-state index contributed by atoms with van der Waals surface area (Å²) in [5.41, 5.74) is 0. The molecule has 0 aliphatic carbocycles. The lowest BCUT2D eigenvalue weighted by atomic mass is 10.6. The van der Waals surface area contributed by atoms with Crippen LogP contribution >= 0.6 is 25.9 Å². The van der Waals surface area contributed by atoms with Gasteiger partial charge in [0.1, 0.15) is 17.4 Å². The van der Waals surface area contributed by atoms with E-state index in [2.05, 4.69) is 9.03 Å². The second kappa shape index (κ2) is 10.2. The van der Waals surface area contributed by atoms with Crippen molar-refractivity contribution in [2.45, 2.75) is 12.9 Å². The second-order valence-corrected chi connectivity index (χ2v) is 6.60. The SMILES string of the molecule is COCCOC(C)(OCCOC)ON1P=NP=NP1. The molecule has 1 unspecified atom stereocenters. The predicted molar refractivity (Wildman–Crippen MR) is 74.0 cm³/mol. The van der Waals surface area contributed by atoms with Gasteiger partial charge in [0.25, 0.3) is 5.97 Å². The van der Waals surface area contributed by atoms with Crippen LogP contribution in [0, 0.1) is 0 Å². The van der Waals surface area contributed by atoms with Gasteiger partial charge in [-0.3, -0.25) is 0 Å². The van der Waals surface area contributed by atoms with Gasteiger partial charge in [-0.2, -0.15) is 4.52 Å². The summed E-state index contributed by atoms with van der Waals surface area (Å²) < 4.78 is 30.8. The van der Waals surface area contributed by atoms with Crippen LogP contribution in [0.25, 0.3) is 0 Å². The molecule has 19 heavy (non-hydrogen) atoms. The van der Waals surface area contributed by atoms with Crippen LogP contribution < -0.4 is 0 Å². The molecule has 0 fully saturated rings. The van der Waals surface area contributed by atoms with E-state index in [-0.39, 0.29) is 8.88 Å². The molecule has 0 aromatic carbocycles. The van der Waals surface area contributed by atoms with Crippen molar-refractivity contribution in [3.05, 3.63) is 0 Å². The fourth-order valence-corrected chi connectivity index (χ4v) is 3.75. The van der Waals surface area contributed by atoms with E-state index in [1.807, 2.05) is 0 Å². The third kappa shape index (κ3) is 7.66. The normalized spacial score (nSPS) is 19.1. The molecule has 1 aliphatic rings. The zero-order chi connectivity index (χ0) is 14.0. The Labute approximate surface area is 117 Å². The molecule has 8 nitrogen and oxygen atoms in total. The molecule has 0 aromatic rings. The van der Waals surface area contributed by atoms with Crippen molar-refractivity contribution >= 4 is 25.9 Å². The van der Waals surface area contributed by atoms with Gasteiger partial charge in [0.15, 0.2) is 8.52 Å². The van der Waals surface area contributed by atoms with E-state index >= 15 is 0 Å². The molecule has 0 aromatic heterocycles. The van der Waals surface area contributed by atoms with Crippen molar-refractivity contribution in [1.29, 1.82) is 0 Å². The van der Waals surface area contributed by atoms with Crippen LogP contribution in [-0.2, 0) is 23.8 Å². The fourth-order valence-electron chi connectivity index (χ4n) is 1.06. The molecule has 1 rings (SSSR count). The molecule has 0 amide bonds. The Morgan fingerprint density at radius 2 is 1.74 bits per heavy atom. The predicted octanol–water partition coefficient (Wildman–Crippen LogP) is 2.83. The van der Waals surface area contributed by atoms with Gasteiger partial charge >= 0.3 is 0 Å². The summed E-state index contributed by atoms with van der Waals surface area (Å²) in [6, 6.07) is 0. The van der Waals surface area contributed by atoms with Crippen molar-refractivity contribution in [2.75, 3.05) is 40.6 Å². The summed E-state index contributed by atoms with van der Waals surface area (Å²) in [7, 11) is 4.81. The molecule has 0 N–H and O–H groups in total. The Hall–Kier alpha value is 0.390. The fraction of sp³-hybridized carbons (Fsp3) is 1.00. The molecule has 1 heterocycles. The van der Waals surface area contributed by atoms with Crippen LogP contribution in [0.2, 0.25) is 0 Å². The van der Waals surface area contributed by atoms with Gasteiger partial charge in [-0.05, 0) is 0 Å². The number of ether oxygens (including phenoxy) is 4. The lowest BCUT2D eigenvalue weighted by Crippen LogP contribution is -2.40. The standard InChI is InChI=1S/C8H18N3O5P3/c1-8(14-6-4-12-2,15-7-5-13-3)16-11-18-9-17-10-19-11/h18H,4-7H2,1-3H3. The van der Waals surface area contributed by atoms with E-state index in [9.17, 15) is 0 Å². The number of methoxy groups -OCH3 is 2. The van der Waals surface area contributed by atoms with E-state index in [0.717, 1.165) is 8.52 Å². The Bertz CT molecular complexity index is 297. The molecule has 0 spiro atoms. The molecule has 1 atom stereocenters. The topological polar surface area (TPSA) is 74.1 Å². The van der Waals surface area contributed by atoms with Crippen LogP contribution in [0.1, 0.15) is 6.92 Å². The van der Waals surface area contributed by atoms with Gasteiger partial charge < -0.3 is 18.9 Å². The maximum absolute atomic E-state index is 5.66. The minimum Gasteiger partial charge on any atom is -0.382 e. The molecular weight excluding hydrogens is 311 g/mol. The molecule has 0 saturated heterocycles. The van der Waals surface area contributed by atoms with Crippen molar-refractivity contribution < 1.29 is 23.8 Å². The van der Waals surface area contributed by atoms with Crippen LogP contribution in [0.4, 0.5) is 0 Å². The summed E-state index contributed by atoms with van der Waals surface area (Å²) in [4.78, 5) is 5.66. The number of hydrogen-bond donors (Lipinski definition) is 0. The van der Waals surface area contributed by atoms with Crippen molar-refractivity contribution in [3.8, 4) is 0 Å². The Morgan fingerprint density at radius 1 is 1.11 bits per heavy atom. The van der Waals surface area contributed by atoms with Gasteiger partial charge in [-0.25, -0.2) is 9.35 Å². The Morgan fingerprint density at radius 3 is 2.21 bits per heavy atom. The third-order valence-corrected chi connectivity index (χ3v) is 4.29. The molecule has 110 valence electrons. The van der Waals surface area contributed by atoms with Crippen molar-refractivity contribution in [2.24, 2.45) is 9.03 Å². The van der Waals surface area contributed by atoms with E-state index in [1.165, 1.54) is 0 Å². The molecular formula is C8H18N3O5P3. The monoisotopic (exact) mass is 329 g/mol. The highest BCUT2D eigenvalue weighted by Gasteiger charge is 2.31. The van der Waals surface area contributed by atoms with E-state index in [1.54, 1.807) is 25.7 Å². The maximum atomic E-state index is 5.66. The zero-order valence-electron chi connectivity index (χ0n) is 11.1. The molecule has 11 heteroatoms. The number of hydrogen-bond acceptors (Lipinski definition) is 8. The smallest absolute Gasteiger partial charge is 0.298 e.